The lowest BCUT2D eigenvalue weighted by Gasteiger charge is -2.22. The number of nitrogens with one attached hydrogen (secondary N) is 1. The summed E-state index contributed by atoms with van der Waals surface area (Å²) in [6.07, 6.45) is -3.70. The zero-order valence-electron chi connectivity index (χ0n) is 19.9. The molecule has 2 heterocycles. The van der Waals surface area contributed by atoms with Crippen LogP contribution in [0.4, 0.5) is 29.1 Å². The Labute approximate surface area is 216 Å². The summed E-state index contributed by atoms with van der Waals surface area (Å²) in [7, 11) is 0. The van der Waals surface area contributed by atoms with Crippen LogP contribution in [0.2, 0.25) is 0 Å². The lowest BCUT2D eigenvalue weighted by Crippen LogP contribution is -2.24. The van der Waals surface area contributed by atoms with Crippen LogP contribution in [0.15, 0.2) is 78.9 Å². The van der Waals surface area contributed by atoms with Crippen molar-refractivity contribution in [1.82, 2.24) is 9.97 Å². The summed E-state index contributed by atoms with van der Waals surface area (Å²) in [5, 5.41) is 12.6. The number of nitrogens with zero attached hydrogens (tertiary/aromatic N) is 4. The molecule has 0 fully saturated rings. The largest absolute Gasteiger partial charge is 0.433 e. The van der Waals surface area contributed by atoms with Crippen molar-refractivity contribution in [2.75, 3.05) is 16.8 Å². The second kappa shape index (κ2) is 11.5. The number of carbonyl (C=O) groups excluding carboxylic acids is 1. The SMILES string of the molecule is N#Cc1ccccc1-c1ccc(N(C=O)Cc2cccc(C(F)(F)F)n2)c(NCCc2cccc(F)c2)n1. The van der Waals surface area contributed by atoms with E-state index >= 15 is 0 Å². The molecule has 0 aliphatic rings. The van der Waals surface area contributed by atoms with Crippen molar-refractivity contribution >= 4 is 17.9 Å². The Hall–Kier alpha value is -4.78. The van der Waals surface area contributed by atoms with E-state index in [2.05, 4.69) is 21.4 Å². The number of amides is 1. The summed E-state index contributed by atoms with van der Waals surface area (Å²) in [5.41, 5.74) is 1.46. The van der Waals surface area contributed by atoms with Crippen LogP contribution >= 0.6 is 0 Å². The van der Waals surface area contributed by atoms with Crippen molar-refractivity contribution in [3.8, 4) is 17.3 Å². The number of anilines is 2. The van der Waals surface area contributed by atoms with Crippen LogP contribution in [0.25, 0.3) is 11.3 Å². The molecule has 2 aromatic carbocycles. The third-order valence-corrected chi connectivity index (χ3v) is 5.66. The molecule has 4 aromatic rings. The van der Waals surface area contributed by atoms with Crippen molar-refractivity contribution in [3.05, 3.63) is 107 Å². The monoisotopic (exact) mass is 519 g/mol. The second-order valence-electron chi connectivity index (χ2n) is 8.27. The summed E-state index contributed by atoms with van der Waals surface area (Å²) in [6, 6.07) is 21.8. The van der Waals surface area contributed by atoms with Crippen LogP contribution in [0.5, 0.6) is 0 Å². The van der Waals surface area contributed by atoms with Gasteiger partial charge in [-0.2, -0.15) is 18.4 Å². The highest BCUT2D eigenvalue weighted by molar-refractivity contribution is 5.83. The van der Waals surface area contributed by atoms with Crippen LogP contribution in [-0.2, 0) is 23.9 Å². The molecule has 0 atom stereocenters. The van der Waals surface area contributed by atoms with E-state index in [1.807, 2.05) is 0 Å². The zero-order chi connectivity index (χ0) is 27.1. The van der Waals surface area contributed by atoms with E-state index in [9.17, 15) is 27.6 Å². The van der Waals surface area contributed by atoms with Gasteiger partial charge in [0.15, 0.2) is 5.82 Å². The fourth-order valence-corrected chi connectivity index (χ4v) is 3.86. The van der Waals surface area contributed by atoms with Gasteiger partial charge in [0.05, 0.1) is 35.3 Å². The maximum atomic E-state index is 13.6. The van der Waals surface area contributed by atoms with Crippen molar-refractivity contribution < 1.29 is 22.4 Å². The highest BCUT2D eigenvalue weighted by Gasteiger charge is 2.32. The first-order valence-electron chi connectivity index (χ1n) is 11.5. The van der Waals surface area contributed by atoms with Gasteiger partial charge in [0.25, 0.3) is 0 Å². The van der Waals surface area contributed by atoms with Gasteiger partial charge in [0.2, 0.25) is 6.41 Å². The molecule has 0 spiro atoms. The molecule has 0 unspecified atom stereocenters. The van der Waals surface area contributed by atoms with Crippen molar-refractivity contribution in [2.45, 2.75) is 19.1 Å². The molecular weight excluding hydrogens is 498 g/mol. The van der Waals surface area contributed by atoms with E-state index in [-0.39, 0.29) is 23.9 Å². The molecule has 192 valence electrons. The summed E-state index contributed by atoms with van der Waals surface area (Å²) in [4.78, 5) is 21.5. The molecule has 0 radical (unpaired) electrons. The van der Waals surface area contributed by atoms with Gasteiger partial charge in [-0.1, -0.05) is 36.4 Å². The van der Waals surface area contributed by atoms with Gasteiger partial charge >= 0.3 is 6.18 Å². The average molecular weight is 520 g/mol. The highest BCUT2D eigenvalue weighted by atomic mass is 19.4. The van der Waals surface area contributed by atoms with Gasteiger partial charge in [0, 0.05) is 12.1 Å². The third kappa shape index (κ3) is 6.31. The van der Waals surface area contributed by atoms with E-state index in [0.717, 1.165) is 11.6 Å². The number of benzene rings is 2. The zero-order valence-corrected chi connectivity index (χ0v) is 19.9. The van der Waals surface area contributed by atoms with Crippen LogP contribution < -0.4 is 10.2 Å². The molecule has 10 heteroatoms. The summed E-state index contributed by atoms with van der Waals surface area (Å²) >= 11 is 0. The van der Waals surface area contributed by atoms with E-state index in [1.54, 1.807) is 48.5 Å². The number of alkyl halides is 3. The van der Waals surface area contributed by atoms with E-state index in [1.165, 1.54) is 29.2 Å². The molecule has 4 rings (SSSR count). The number of rotatable bonds is 9. The highest BCUT2D eigenvalue weighted by Crippen LogP contribution is 2.31. The van der Waals surface area contributed by atoms with E-state index in [4.69, 9.17) is 0 Å². The maximum Gasteiger partial charge on any atom is 0.433 e. The molecule has 0 saturated heterocycles. The average Bonchev–Trinajstić information content (AvgIpc) is 2.91. The van der Waals surface area contributed by atoms with Crippen LogP contribution in [0.3, 0.4) is 0 Å². The molecule has 0 bridgehead atoms. The summed E-state index contributed by atoms with van der Waals surface area (Å²) in [6.45, 7) is 0.0864. The molecule has 1 N–H and O–H groups in total. The number of carbonyl (C=O) groups is 1. The Morgan fingerprint density at radius 1 is 0.974 bits per heavy atom. The van der Waals surface area contributed by atoms with Gasteiger partial charge in [-0.05, 0) is 54.4 Å². The number of pyridine rings is 2. The Kier molecular flexibility index (Phi) is 7.97. The fourth-order valence-electron chi connectivity index (χ4n) is 3.86. The number of nitriles is 1. The van der Waals surface area contributed by atoms with Gasteiger partial charge in [-0.25, -0.2) is 14.4 Å². The molecule has 38 heavy (non-hydrogen) atoms. The molecule has 0 aliphatic carbocycles. The number of hydrogen-bond donors (Lipinski definition) is 1. The Morgan fingerprint density at radius 2 is 1.76 bits per heavy atom. The fraction of sp³-hybridized carbons (Fsp3) is 0.143. The van der Waals surface area contributed by atoms with Crippen LogP contribution in [0, 0.1) is 17.1 Å². The minimum absolute atomic E-state index is 0.0385. The number of hydrogen-bond acceptors (Lipinski definition) is 5. The molecule has 1 amide bonds. The van der Waals surface area contributed by atoms with Crippen molar-refractivity contribution in [1.29, 1.82) is 5.26 Å². The maximum absolute atomic E-state index is 13.6. The predicted octanol–water partition coefficient (Wildman–Crippen LogP) is 5.99. The van der Waals surface area contributed by atoms with Gasteiger partial charge in [-0.3, -0.25) is 4.79 Å². The van der Waals surface area contributed by atoms with Gasteiger partial charge < -0.3 is 10.2 Å². The molecular formula is C28H21F4N5O. The van der Waals surface area contributed by atoms with Crippen molar-refractivity contribution in [3.63, 3.8) is 0 Å². The van der Waals surface area contributed by atoms with Crippen LogP contribution in [0.1, 0.15) is 22.5 Å². The molecule has 6 nitrogen and oxygen atoms in total. The number of aromatic nitrogens is 2. The first kappa shape index (κ1) is 26.3. The van der Waals surface area contributed by atoms with Gasteiger partial charge in [-0.15, -0.1) is 0 Å². The topological polar surface area (TPSA) is 81.9 Å². The van der Waals surface area contributed by atoms with Crippen molar-refractivity contribution in [2.24, 2.45) is 0 Å². The quantitative estimate of drug-likeness (QED) is 0.217. The minimum atomic E-state index is -4.62. The standard InChI is InChI=1S/C28H21F4N5O/c29-21-7-3-5-19(15-21)13-14-34-27-25(12-11-24(36-27)23-9-2-1-6-20(23)16-33)37(18-38)17-22-8-4-10-26(35-22)28(30,31)32/h1-12,15,18H,13-14,17H2,(H,34,36). The van der Waals surface area contributed by atoms with Gasteiger partial charge in [0.1, 0.15) is 11.5 Å². The molecule has 0 saturated carbocycles. The van der Waals surface area contributed by atoms with E-state index < -0.39 is 11.9 Å². The second-order valence-corrected chi connectivity index (χ2v) is 8.27. The molecule has 0 aliphatic heterocycles. The smallest absolute Gasteiger partial charge is 0.368 e. The Balaban J connectivity index is 1.67. The minimum Gasteiger partial charge on any atom is -0.368 e. The lowest BCUT2D eigenvalue weighted by atomic mass is 10.0. The first-order chi connectivity index (χ1) is 18.3. The first-order valence-corrected chi connectivity index (χ1v) is 11.5. The van der Waals surface area contributed by atoms with E-state index in [0.29, 0.717) is 41.9 Å². The lowest BCUT2D eigenvalue weighted by molar-refractivity contribution is -0.141. The Bertz CT molecular complexity index is 1480. The summed E-state index contributed by atoms with van der Waals surface area (Å²) < 4.78 is 53.0. The van der Waals surface area contributed by atoms with Crippen LogP contribution in [-0.4, -0.2) is 22.9 Å². The normalized spacial score (nSPS) is 11.0. The Morgan fingerprint density at radius 3 is 2.50 bits per heavy atom. The third-order valence-electron chi connectivity index (χ3n) is 5.66. The molecule has 2 aromatic heterocycles. The predicted molar refractivity (Wildman–Crippen MR) is 134 cm³/mol. The number of halogens is 4. The summed E-state index contributed by atoms with van der Waals surface area (Å²) in [5.74, 6) is -0.0946.